The largest absolute Gasteiger partial charge is 0.500 e. The van der Waals surface area contributed by atoms with Gasteiger partial charge in [0.2, 0.25) is 0 Å². The first kappa shape index (κ1) is 77.2. The van der Waals surface area contributed by atoms with Gasteiger partial charge in [-0.15, -0.1) is 0 Å². The molecule has 9 heteroatoms. The molecule has 1 saturated carbocycles. The number of carbonyl (C=O) groups excluding carboxylic acids is 2. The molecule has 4 atom stereocenters. The SMILES string of the molecule is C1CCCC1.CC.CCCC.CCCC(=O)C(CCC(C)O)Nc1ccc(C)c(C)c1.CCCC(C)CCC(C)C.CCCCC(C)CC.COC1=C(c2cc(C(=O)CCC/C=C3/Nc4ccc(C)cc4N3C)cc(C)n2)C=[N+](C)CC1. The number of fused-ring (bicyclic) bond motifs is 1. The number of methoxy groups -OCH3 is 1. The summed E-state index contributed by atoms with van der Waals surface area (Å²) in [7, 11) is 5.81. The van der Waals surface area contributed by atoms with E-state index in [9.17, 15) is 14.7 Å². The summed E-state index contributed by atoms with van der Waals surface area (Å²) in [5.74, 6) is 5.16. The summed E-state index contributed by atoms with van der Waals surface area (Å²) in [6, 6.07) is 16.1. The number of aliphatic hydroxyl groups excluding tert-OH is 1. The van der Waals surface area contributed by atoms with Gasteiger partial charge in [0.15, 0.2) is 17.8 Å². The Balaban J connectivity index is 0.00000113. The molecule has 0 amide bonds. The van der Waals surface area contributed by atoms with Crippen LogP contribution >= 0.6 is 0 Å². The molecule has 3 aromatic rings. The van der Waals surface area contributed by atoms with E-state index >= 15 is 0 Å². The van der Waals surface area contributed by atoms with Crippen LogP contribution in [0, 0.1) is 45.4 Å². The van der Waals surface area contributed by atoms with Crippen LogP contribution in [0.3, 0.4) is 0 Å². The first-order valence-corrected chi connectivity index (χ1v) is 32.9. The number of benzene rings is 2. The number of nitrogens with one attached hydrogen (secondary N) is 2. The van der Waals surface area contributed by atoms with Crippen molar-refractivity contribution >= 4 is 40.4 Å². The van der Waals surface area contributed by atoms with Gasteiger partial charge in [0.05, 0.1) is 42.7 Å². The number of ether oxygens (including phenoxy) is 1. The number of aromatic nitrogens is 1. The minimum absolute atomic E-state index is 0.149. The fourth-order valence-corrected chi connectivity index (χ4v) is 9.44. The molecular weight excluding hydrogens is 1010 g/mol. The van der Waals surface area contributed by atoms with E-state index in [2.05, 4.69) is 158 Å². The molecule has 0 spiro atoms. The number of aliphatic hydroxyl groups is 1. The number of Topliss-reactive ketones (excluding diaryl/α,β-unsaturated/α-hetero) is 2. The molecule has 0 radical (unpaired) electrons. The average molecular weight is 1140 g/mol. The zero-order chi connectivity index (χ0) is 62.0. The van der Waals surface area contributed by atoms with Crippen LogP contribution in [0.25, 0.3) is 5.57 Å². The first-order valence-electron chi connectivity index (χ1n) is 32.9. The van der Waals surface area contributed by atoms with Gasteiger partial charge in [-0.1, -0.05) is 192 Å². The number of hydrogen-bond donors (Lipinski definition) is 3. The minimum Gasteiger partial charge on any atom is -0.500 e. The summed E-state index contributed by atoms with van der Waals surface area (Å²) in [5.41, 5.74) is 10.3. The maximum absolute atomic E-state index is 13.0. The van der Waals surface area contributed by atoms with Gasteiger partial charge in [-0.2, -0.15) is 0 Å². The smallest absolute Gasteiger partial charge is 0.176 e. The van der Waals surface area contributed by atoms with Crippen molar-refractivity contribution in [3.63, 3.8) is 0 Å². The molecule has 3 N–H and O–H groups in total. The molecule has 6 rings (SSSR count). The Morgan fingerprint density at radius 2 is 1.40 bits per heavy atom. The summed E-state index contributed by atoms with van der Waals surface area (Å²) >= 11 is 0. The quantitative estimate of drug-likeness (QED) is 0.0438. The Bertz CT molecular complexity index is 2260. The summed E-state index contributed by atoms with van der Waals surface area (Å²) in [6.07, 6.45) is 30.8. The van der Waals surface area contributed by atoms with Crippen molar-refractivity contribution < 1.29 is 24.0 Å². The molecule has 82 heavy (non-hydrogen) atoms. The van der Waals surface area contributed by atoms with E-state index in [1.54, 1.807) is 14.0 Å². The van der Waals surface area contributed by atoms with Crippen LogP contribution in [0.15, 0.2) is 66.2 Å². The molecule has 0 saturated heterocycles. The molecule has 466 valence electrons. The second-order valence-corrected chi connectivity index (χ2v) is 23.8. The van der Waals surface area contributed by atoms with Gasteiger partial charge in [-0.05, 0) is 144 Å². The molecule has 3 heterocycles. The van der Waals surface area contributed by atoms with Crippen LogP contribution in [0.4, 0.5) is 17.1 Å². The number of nitrogens with zero attached hydrogens (tertiary/aromatic N) is 3. The molecule has 1 aromatic heterocycles. The Morgan fingerprint density at radius 1 is 0.744 bits per heavy atom. The number of anilines is 3. The highest BCUT2D eigenvalue weighted by molar-refractivity contribution is 6.09. The van der Waals surface area contributed by atoms with E-state index in [0.717, 1.165) is 89.9 Å². The molecular formula is C73H126N5O4+. The molecule has 4 unspecified atom stereocenters. The van der Waals surface area contributed by atoms with Gasteiger partial charge in [-0.25, -0.2) is 4.58 Å². The number of unbranched alkanes of at least 4 members (excludes halogenated alkanes) is 3. The Labute approximate surface area is 505 Å². The lowest BCUT2D eigenvalue weighted by molar-refractivity contribution is -0.492. The van der Waals surface area contributed by atoms with Crippen molar-refractivity contribution in [2.24, 2.45) is 17.8 Å². The fourth-order valence-electron chi connectivity index (χ4n) is 9.44. The zero-order valence-electron chi connectivity index (χ0n) is 56.6. The average Bonchev–Trinajstić information content (AvgIpc) is 4.19. The fraction of sp³-hybridized carbons (Fsp3) is 0.671. The highest BCUT2D eigenvalue weighted by Crippen LogP contribution is 2.36. The number of allylic oxidation sites excluding steroid dienone is 2. The lowest BCUT2D eigenvalue weighted by Crippen LogP contribution is -2.30. The first-order chi connectivity index (χ1) is 39.2. The van der Waals surface area contributed by atoms with Crippen LogP contribution in [-0.2, 0) is 9.53 Å². The van der Waals surface area contributed by atoms with Crippen LogP contribution < -0.4 is 15.5 Å². The van der Waals surface area contributed by atoms with Crippen molar-refractivity contribution in [1.29, 1.82) is 0 Å². The maximum Gasteiger partial charge on any atom is 0.176 e. The number of pyridine rings is 1. The standard InChI is InChI=1S/C27H33N4O2.C17H27NO2.C10H22.C8H18.C5H10.C4H10.C2H6/c1-18-10-11-22-24(14-18)31(4)27(29-22)9-7-6-8-25(32)20-15-19(2)28-23(16-20)21-17-30(3)13-12-26(21)33-5;1-5-6-17(20)16(10-8-14(4)19)18-15-9-7-12(2)13(3)11-15;1-5-6-10(4)8-7-9(2)3;1-4-6-7-8(3)5-2;1-2-4-5-3-1;1-3-4-2;1-2/h9-11,14-17,29H,6-8,12-13H2,1-5H3;7,9,11,14,16,18-19H,5-6,8,10H2,1-4H3;9-10H,5-8H2,1-4H3;8H,4-7H2,1-3H3;1-5H2;3-4H2,1-2H3;1-2H3/q+1;;;;;;/b27-9-;;;;;;. The van der Waals surface area contributed by atoms with Gasteiger partial charge < -0.3 is 25.4 Å². The minimum atomic E-state index is -0.367. The highest BCUT2D eigenvalue weighted by atomic mass is 16.5. The van der Waals surface area contributed by atoms with Gasteiger partial charge in [0.25, 0.3) is 0 Å². The van der Waals surface area contributed by atoms with Crippen molar-refractivity contribution in [2.75, 3.05) is 43.3 Å². The van der Waals surface area contributed by atoms with Crippen molar-refractivity contribution in [2.45, 2.75) is 278 Å². The van der Waals surface area contributed by atoms with Crippen molar-refractivity contribution in [3.05, 3.63) is 99.8 Å². The van der Waals surface area contributed by atoms with E-state index in [1.807, 2.05) is 52.9 Å². The molecule has 2 aliphatic heterocycles. The van der Waals surface area contributed by atoms with E-state index in [-0.39, 0.29) is 23.7 Å². The number of carbonyl (C=O) groups is 2. The summed E-state index contributed by atoms with van der Waals surface area (Å²) in [6.45, 7) is 37.3. The molecule has 9 nitrogen and oxygen atoms in total. The number of hydrogen-bond acceptors (Lipinski definition) is 8. The number of ketones is 2. The van der Waals surface area contributed by atoms with Gasteiger partial charge >= 0.3 is 0 Å². The van der Waals surface area contributed by atoms with Gasteiger partial charge in [-0.3, -0.25) is 14.6 Å². The monoisotopic (exact) mass is 1140 g/mol. The predicted octanol–water partition coefficient (Wildman–Crippen LogP) is 20.4. The lowest BCUT2D eigenvalue weighted by Gasteiger charge is -2.20. The third-order valence-corrected chi connectivity index (χ3v) is 15.3. The molecule has 3 aliphatic rings. The third-order valence-electron chi connectivity index (χ3n) is 15.3. The lowest BCUT2D eigenvalue weighted by atomic mass is 9.96. The second kappa shape index (κ2) is 46.6. The van der Waals surface area contributed by atoms with E-state index in [1.165, 1.54) is 119 Å². The zero-order valence-corrected chi connectivity index (χ0v) is 56.6. The second-order valence-electron chi connectivity index (χ2n) is 23.8. The maximum atomic E-state index is 13.0. The molecule has 0 bridgehead atoms. The van der Waals surface area contributed by atoms with E-state index in [4.69, 9.17) is 4.74 Å². The van der Waals surface area contributed by atoms with Crippen molar-refractivity contribution in [1.82, 2.24) is 4.98 Å². The molecule has 2 aromatic carbocycles. The third kappa shape index (κ3) is 33.5. The highest BCUT2D eigenvalue weighted by Gasteiger charge is 2.23. The Morgan fingerprint density at radius 3 is 1.95 bits per heavy atom. The van der Waals surface area contributed by atoms with E-state index in [0.29, 0.717) is 31.2 Å². The molecule has 1 aliphatic carbocycles. The van der Waals surface area contributed by atoms with Crippen LogP contribution in [-0.4, -0.2) is 72.3 Å². The number of aryl methyl sites for hydroxylation is 4. The Hall–Kier alpha value is -4.76. The summed E-state index contributed by atoms with van der Waals surface area (Å²) in [5, 5.41) is 16.2. The van der Waals surface area contributed by atoms with Gasteiger partial charge in [0, 0.05) is 36.8 Å². The molecule has 1 fully saturated rings. The summed E-state index contributed by atoms with van der Waals surface area (Å²) in [4.78, 5) is 32.0. The van der Waals surface area contributed by atoms with Crippen LogP contribution in [0.1, 0.15) is 276 Å². The Kier molecular flexibility index (Phi) is 43.9. The normalized spacial score (nSPS) is 15.0. The van der Waals surface area contributed by atoms with E-state index < -0.39 is 0 Å². The van der Waals surface area contributed by atoms with Crippen LogP contribution in [0.2, 0.25) is 0 Å². The van der Waals surface area contributed by atoms with Gasteiger partial charge in [0.1, 0.15) is 30.7 Å². The number of rotatable bonds is 25. The topological polar surface area (TPSA) is 107 Å². The summed E-state index contributed by atoms with van der Waals surface area (Å²) < 4.78 is 7.72. The van der Waals surface area contributed by atoms with Crippen LogP contribution in [0.5, 0.6) is 0 Å². The predicted molar refractivity (Wildman–Crippen MR) is 360 cm³/mol. The van der Waals surface area contributed by atoms with Crippen molar-refractivity contribution in [3.8, 4) is 0 Å².